The van der Waals surface area contributed by atoms with Crippen LogP contribution in [0.5, 0.6) is 17.2 Å². The number of amides is 1. The number of anilines is 1. The van der Waals surface area contributed by atoms with Crippen LogP contribution in [0.1, 0.15) is 49.9 Å². The third-order valence-electron chi connectivity index (χ3n) is 5.92. The molecule has 2 aromatic carbocycles. The van der Waals surface area contributed by atoms with Crippen molar-refractivity contribution in [2.45, 2.75) is 50.2 Å². The molecule has 2 aliphatic rings. The van der Waals surface area contributed by atoms with Gasteiger partial charge in [-0.2, -0.15) is 4.31 Å². The van der Waals surface area contributed by atoms with Crippen LogP contribution in [0.3, 0.4) is 0 Å². The molecular weight excluding hydrogens is 432 g/mol. The van der Waals surface area contributed by atoms with Gasteiger partial charge in [0.1, 0.15) is 5.75 Å². The Hall–Kier alpha value is -2.78. The Morgan fingerprint density at radius 1 is 1.06 bits per heavy atom. The van der Waals surface area contributed by atoms with E-state index in [0.29, 0.717) is 30.3 Å². The van der Waals surface area contributed by atoms with Gasteiger partial charge in [-0.05, 0) is 43.2 Å². The minimum atomic E-state index is -3.71. The summed E-state index contributed by atoms with van der Waals surface area (Å²) < 4.78 is 44.5. The fourth-order valence-corrected chi connectivity index (χ4v) is 5.71. The predicted octanol–water partition coefficient (Wildman–Crippen LogP) is 4.02. The molecule has 1 spiro atoms. The molecule has 0 atom stereocenters. The summed E-state index contributed by atoms with van der Waals surface area (Å²) >= 11 is 0. The van der Waals surface area contributed by atoms with Crippen LogP contribution >= 0.6 is 0 Å². The molecule has 172 valence electrons. The quantitative estimate of drug-likeness (QED) is 0.671. The van der Waals surface area contributed by atoms with Crippen molar-refractivity contribution >= 4 is 21.6 Å². The molecule has 1 fully saturated rings. The second-order valence-corrected chi connectivity index (χ2v) is 9.83. The zero-order chi connectivity index (χ0) is 22.9. The van der Waals surface area contributed by atoms with Crippen molar-refractivity contribution < 1.29 is 27.4 Å². The molecule has 4 rings (SSSR count). The first kappa shape index (κ1) is 22.4. The van der Waals surface area contributed by atoms with Gasteiger partial charge in [-0.1, -0.05) is 13.8 Å². The number of carbonyl (C=O) groups is 1. The molecule has 0 saturated heterocycles. The topological polar surface area (TPSA) is 94.2 Å². The number of carbonyl (C=O) groups excluding carboxylic acids is 1. The summed E-state index contributed by atoms with van der Waals surface area (Å²) in [6.45, 7) is 4.22. The van der Waals surface area contributed by atoms with E-state index in [1.807, 2.05) is 0 Å². The molecule has 0 radical (unpaired) electrons. The van der Waals surface area contributed by atoms with E-state index in [4.69, 9.17) is 14.2 Å². The summed E-state index contributed by atoms with van der Waals surface area (Å²) in [7, 11) is -2.28. The Morgan fingerprint density at radius 2 is 1.75 bits per heavy atom. The number of ether oxygens (including phenoxy) is 3. The highest BCUT2D eigenvalue weighted by molar-refractivity contribution is 7.89. The maximum absolute atomic E-state index is 13.1. The SMILES string of the molecule is CCN(CC)S(=O)(=O)c1ccc(OC)c(C(=O)Nc2ccc3c(c2)OC2(CCCC2)O3)c1. The lowest BCUT2D eigenvalue weighted by Gasteiger charge is -2.21. The van der Waals surface area contributed by atoms with Crippen molar-refractivity contribution in [1.82, 2.24) is 4.31 Å². The Bertz CT molecular complexity index is 1120. The molecule has 1 amide bonds. The molecule has 8 nitrogen and oxygen atoms in total. The maximum atomic E-state index is 13.1. The molecule has 1 saturated carbocycles. The second kappa shape index (κ2) is 8.63. The molecule has 9 heteroatoms. The number of hydrogen-bond acceptors (Lipinski definition) is 6. The summed E-state index contributed by atoms with van der Waals surface area (Å²) in [6, 6.07) is 9.53. The van der Waals surface area contributed by atoms with Crippen molar-refractivity contribution in [1.29, 1.82) is 0 Å². The monoisotopic (exact) mass is 460 g/mol. The van der Waals surface area contributed by atoms with Crippen LogP contribution in [0.25, 0.3) is 0 Å². The van der Waals surface area contributed by atoms with Gasteiger partial charge in [-0.25, -0.2) is 8.42 Å². The number of nitrogens with zero attached hydrogens (tertiary/aromatic N) is 1. The zero-order valence-corrected chi connectivity index (χ0v) is 19.3. The van der Waals surface area contributed by atoms with Crippen LogP contribution in [-0.4, -0.2) is 44.6 Å². The van der Waals surface area contributed by atoms with Gasteiger partial charge in [0.25, 0.3) is 11.7 Å². The van der Waals surface area contributed by atoms with Gasteiger partial charge < -0.3 is 19.5 Å². The van der Waals surface area contributed by atoms with E-state index in [9.17, 15) is 13.2 Å². The third kappa shape index (κ3) is 4.02. The Balaban J connectivity index is 1.59. The highest BCUT2D eigenvalue weighted by Gasteiger charge is 2.44. The second-order valence-electron chi connectivity index (χ2n) is 7.89. The van der Waals surface area contributed by atoms with Gasteiger partial charge >= 0.3 is 0 Å². The number of sulfonamides is 1. The maximum Gasteiger partial charge on any atom is 0.259 e. The normalized spacial score (nSPS) is 16.5. The molecule has 0 aromatic heterocycles. The fourth-order valence-electron chi connectivity index (χ4n) is 4.23. The number of fused-ring (bicyclic) bond motifs is 1. The molecular formula is C23H28N2O6S. The Labute approximate surface area is 188 Å². The summed E-state index contributed by atoms with van der Waals surface area (Å²) in [6.07, 6.45) is 3.80. The van der Waals surface area contributed by atoms with Crippen molar-refractivity contribution in [3.8, 4) is 17.2 Å². The van der Waals surface area contributed by atoms with E-state index in [1.54, 1.807) is 32.0 Å². The molecule has 1 heterocycles. The molecule has 1 aliphatic heterocycles. The fraction of sp³-hybridized carbons (Fsp3) is 0.435. The van der Waals surface area contributed by atoms with Crippen molar-refractivity contribution in [2.75, 3.05) is 25.5 Å². The van der Waals surface area contributed by atoms with E-state index in [1.165, 1.54) is 29.6 Å². The largest absolute Gasteiger partial charge is 0.496 e. The number of benzene rings is 2. The van der Waals surface area contributed by atoms with Crippen LogP contribution in [0.4, 0.5) is 5.69 Å². The lowest BCUT2D eigenvalue weighted by Crippen LogP contribution is -2.34. The third-order valence-corrected chi connectivity index (χ3v) is 7.96. The average molecular weight is 461 g/mol. The van der Waals surface area contributed by atoms with Crippen LogP contribution < -0.4 is 19.5 Å². The number of rotatable bonds is 7. The van der Waals surface area contributed by atoms with Crippen molar-refractivity contribution in [3.05, 3.63) is 42.0 Å². The summed E-state index contributed by atoms with van der Waals surface area (Å²) in [5.74, 6) is 0.477. The van der Waals surface area contributed by atoms with Gasteiger partial charge in [-0.3, -0.25) is 4.79 Å². The molecule has 1 N–H and O–H groups in total. The Kier molecular flexibility index (Phi) is 6.05. The number of methoxy groups -OCH3 is 1. The van der Waals surface area contributed by atoms with Crippen LogP contribution in [0, 0.1) is 0 Å². The minimum Gasteiger partial charge on any atom is -0.496 e. The van der Waals surface area contributed by atoms with Crippen molar-refractivity contribution in [2.24, 2.45) is 0 Å². The molecule has 1 aliphatic carbocycles. The molecule has 32 heavy (non-hydrogen) atoms. The molecule has 2 aromatic rings. The zero-order valence-electron chi connectivity index (χ0n) is 18.5. The standard InChI is InChI=1S/C23H28N2O6S/c1-4-25(5-2)32(27,28)17-9-11-19(29-3)18(15-17)22(26)24-16-8-10-20-21(14-16)31-23(30-20)12-6-7-13-23/h8-11,14-15H,4-7,12-13H2,1-3H3,(H,24,26). The van der Waals surface area contributed by atoms with Gasteiger partial charge in [0, 0.05) is 37.7 Å². The average Bonchev–Trinajstić information content (AvgIpc) is 3.39. The van der Waals surface area contributed by atoms with Gasteiger partial charge in [-0.15, -0.1) is 0 Å². The van der Waals surface area contributed by atoms with Crippen LogP contribution in [-0.2, 0) is 10.0 Å². The van der Waals surface area contributed by atoms with E-state index >= 15 is 0 Å². The van der Waals surface area contributed by atoms with Crippen LogP contribution in [0.15, 0.2) is 41.3 Å². The van der Waals surface area contributed by atoms with Gasteiger partial charge in [0.05, 0.1) is 17.6 Å². The predicted molar refractivity (Wildman–Crippen MR) is 120 cm³/mol. The molecule has 0 unspecified atom stereocenters. The summed E-state index contributed by atoms with van der Waals surface area (Å²) in [4.78, 5) is 13.1. The van der Waals surface area contributed by atoms with Gasteiger partial charge in [0.2, 0.25) is 10.0 Å². The first-order valence-corrected chi connectivity index (χ1v) is 12.3. The minimum absolute atomic E-state index is 0.0426. The lowest BCUT2D eigenvalue weighted by molar-refractivity contribution is -0.0716. The summed E-state index contributed by atoms with van der Waals surface area (Å²) in [5, 5.41) is 2.81. The number of nitrogens with one attached hydrogen (secondary N) is 1. The summed E-state index contributed by atoms with van der Waals surface area (Å²) in [5.41, 5.74) is 0.650. The van der Waals surface area contributed by atoms with Crippen LogP contribution in [0.2, 0.25) is 0 Å². The van der Waals surface area contributed by atoms with Gasteiger partial charge in [0.15, 0.2) is 11.5 Å². The Morgan fingerprint density at radius 3 is 2.41 bits per heavy atom. The first-order valence-electron chi connectivity index (χ1n) is 10.8. The van der Waals surface area contributed by atoms with E-state index < -0.39 is 21.7 Å². The molecule has 0 bridgehead atoms. The van der Waals surface area contributed by atoms with Crippen molar-refractivity contribution in [3.63, 3.8) is 0 Å². The highest BCUT2D eigenvalue weighted by Crippen LogP contribution is 2.47. The smallest absolute Gasteiger partial charge is 0.259 e. The first-order chi connectivity index (χ1) is 15.3. The highest BCUT2D eigenvalue weighted by atomic mass is 32.2. The number of hydrogen-bond donors (Lipinski definition) is 1. The van der Waals surface area contributed by atoms with E-state index in [-0.39, 0.29) is 16.2 Å². The van der Waals surface area contributed by atoms with E-state index in [2.05, 4.69) is 5.32 Å². The lowest BCUT2D eigenvalue weighted by atomic mass is 10.1. The van der Waals surface area contributed by atoms with E-state index in [0.717, 1.165) is 25.7 Å².